The summed E-state index contributed by atoms with van der Waals surface area (Å²) in [4.78, 5) is 20.2. The van der Waals surface area contributed by atoms with E-state index in [2.05, 4.69) is 32.0 Å². The molecule has 0 saturated heterocycles. The normalized spacial score (nSPS) is 14.9. The molecule has 0 atom stereocenters. The number of carbonyl (C=O) groups is 1. The van der Waals surface area contributed by atoms with Crippen LogP contribution in [-0.4, -0.2) is 36.1 Å². The highest BCUT2D eigenvalue weighted by molar-refractivity contribution is 5.89. The van der Waals surface area contributed by atoms with Crippen LogP contribution < -0.4 is 21.7 Å². The lowest BCUT2D eigenvalue weighted by molar-refractivity contribution is -0.117. The highest BCUT2D eigenvalue weighted by Crippen LogP contribution is 2.30. The van der Waals surface area contributed by atoms with Crippen molar-refractivity contribution in [3.8, 4) is 0 Å². The Balaban J connectivity index is 1.49. The number of hydrogen-bond acceptors (Lipinski definition) is 9. The lowest BCUT2D eigenvalue weighted by Gasteiger charge is -2.21. The van der Waals surface area contributed by atoms with Gasteiger partial charge in [0.15, 0.2) is 5.76 Å². The topological polar surface area (TPSA) is 133 Å². The van der Waals surface area contributed by atoms with Crippen molar-refractivity contribution < 1.29 is 19.0 Å². The highest BCUT2D eigenvalue weighted by atomic mass is 16.5. The zero-order valence-electron chi connectivity index (χ0n) is 19.6. The van der Waals surface area contributed by atoms with Crippen molar-refractivity contribution in [2.24, 2.45) is 5.73 Å². The van der Waals surface area contributed by atoms with Gasteiger partial charge in [-0.05, 0) is 49.6 Å². The minimum absolute atomic E-state index is 0.0464. The van der Waals surface area contributed by atoms with Gasteiger partial charge in [-0.25, -0.2) is 4.98 Å². The average Bonchev–Trinajstić information content (AvgIpc) is 2.87. The Morgan fingerprint density at radius 2 is 2.09 bits per heavy atom. The average molecular weight is 477 g/mol. The lowest BCUT2D eigenvalue weighted by Crippen LogP contribution is -2.18. The Kier molecular flexibility index (Phi) is 7.63. The summed E-state index contributed by atoms with van der Waals surface area (Å²) in [6.07, 6.45) is 9.88. The van der Waals surface area contributed by atoms with E-state index in [1.807, 2.05) is 31.2 Å². The van der Waals surface area contributed by atoms with E-state index in [1.165, 1.54) is 12.5 Å². The number of nitrogens with zero attached hydrogens (tertiary/aromatic N) is 2. The summed E-state index contributed by atoms with van der Waals surface area (Å²) in [5, 5.41) is 9.95. The molecule has 0 radical (unpaired) electrons. The Bertz CT molecular complexity index is 1220. The summed E-state index contributed by atoms with van der Waals surface area (Å²) in [5.41, 5.74) is 9.94. The fourth-order valence-electron chi connectivity index (χ4n) is 3.52. The van der Waals surface area contributed by atoms with Crippen molar-refractivity contribution in [1.29, 1.82) is 0 Å². The number of rotatable bonds is 10. The standard InChI is InChI=1S/C25H28N6O4/c1-16-7-8-17(13-20(16)27-11-12-33-2)29-25-28-10-9-23(31-25)30-19-6-4-3-5-18(19)21-14-35-22(15-34-21)24(26)32/h4,6-10,13-15,27H,3,5,11-12H2,1-2H3,(H2,26,32)(H2,28,29,30,31). The largest absolute Gasteiger partial charge is 0.457 e. The van der Waals surface area contributed by atoms with Crippen LogP contribution in [0.2, 0.25) is 0 Å². The van der Waals surface area contributed by atoms with Crippen molar-refractivity contribution in [1.82, 2.24) is 9.97 Å². The molecule has 1 aliphatic heterocycles. The number of aryl methyl sites for hydroxylation is 1. The van der Waals surface area contributed by atoms with Crippen LogP contribution in [-0.2, 0) is 19.0 Å². The molecule has 35 heavy (non-hydrogen) atoms. The molecule has 182 valence electrons. The molecular formula is C25H28N6O4. The van der Waals surface area contributed by atoms with Crippen LogP contribution in [0.25, 0.3) is 0 Å². The van der Waals surface area contributed by atoms with E-state index in [0.717, 1.165) is 41.1 Å². The van der Waals surface area contributed by atoms with Gasteiger partial charge in [-0.1, -0.05) is 12.1 Å². The summed E-state index contributed by atoms with van der Waals surface area (Å²) in [6.45, 7) is 3.38. The van der Waals surface area contributed by atoms with E-state index in [4.69, 9.17) is 19.9 Å². The van der Waals surface area contributed by atoms with Crippen LogP contribution in [0.3, 0.4) is 0 Å². The smallest absolute Gasteiger partial charge is 0.287 e. The Labute approximate surface area is 203 Å². The molecule has 2 aromatic rings. The van der Waals surface area contributed by atoms with E-state index in [1.54, 1.807) is 19.4 Å². The van der Waals surface area contributed by atoms with E-state index in [9.17, 15) is 4.79 Å². The van der Waals surface area contributed by atoms with Gasteiger partial charge in [0.2, 0.25) is 11.7 Å². The first-order valence-corrected chi connectivity index (χ1v) is 11.2. The van der Waals surface area contributed by atoms with E-state index < -0.39 is 5.91 Å². The molecule has 0 unspecified atom stereocenters. The maximum Gasteiger partial charge on any atom is 0.287 e. The van der Waals surface area contributed by atoms with Gasteiger partial charge in [0.25, 0.3) is 5.91 Å². The SMILES string of the molecule is COCCNc1cc(Nc2nccc(NC3=C(C4=COC(C(N)=O)=CO4)CCC=C3)n2)ccc1C. The molecule has 2 heterocycles. The molecule has 0 bridgehead atoms. The molecule has 1 aliphatic carbocycles. The molecule has 10 nitrogen and oxygen atoms in total. The molecular weight excluding hydrogens is 448 g/mol. The molecule has 0 fully saturated rings. The van der Waals surface area contributed by atoms with Gasteiger partial charge in [0, 0.05) is 42.5 Å². The fourth-order valence-corrected chi connectivity index (χ4v) is 3.52. The number of amides is 1. The molecule has 4 rings (SSSR count). The number of nitrogens with one attached hydrogen (secondary N) is 3. The van der Waals surface area contributed by atoms with Crippen molar-refractivity contribution in [3.63, 3.8) is 0 Å². The summed E-state index contributed by atoms with van der Waals surface area (Å²) >= 11 is 0. The number of ether oxygens (including phenoxy) is 3. The monoisotopic (exact) mass is 476 g/mol. The number of allylic oxidation sites excluding steroid dienone is 3. The van der Waals surface area contributed by atoms with Crippen molar-refractivity contribution in [2.75, 3.05) is 36.2 Å². The van der Waals surface area contributed by atoms with Crippen LogP contribution in [0.1, 0.15) is 18.4 Å². The van der Waals surface area contributed by atoms with Gasteiger partial charge in [-0.2, -0.15) is 4.98 Å². The third kappa shape index (κ3) is 6.18. The molecule has 5 N–H and O–H groups in total. The van der Waals surface area contributed by atoms with E-state index >= 15 is 0 Å². The fraction of sp³-hybridized carbons (Fsp3) is 0.240. The molecule has 0 spiro atoms. The molecule has 1 aromatic carbocycles. The zero-order valence-corrected chi connectivity index (χ0v) is 19.6. The summed E-state index contributed by atoms with van der Waals surface area (Å²) in [5.74, 6) is 0.827. The second kappa shape index (κ2) is 11.2. The second-order valence-electron chi connectivity index (χ2n) is 7.86. The van der Waals surface area contributed by atoms with Gasteiger partial charge in [-0.15, -0.1) is 0 Å². The molecule has 1 amide bonds. The predicted molar refractivity (Wildman–Crippen MR) is 133 cm³/mol. The lowest BCUT2D eigenvalue weighted by atomic mass is 10.0. The second-order valence-corrected chi connectivity index (χ2v) is 7.86. The maximum atomic E-state index is 11.3. The molecule has 0 saturated carbocycles. The van der Waals surface area contributed by atoms with Gasteiger partial charge in [0.1, 0.15) is 18.3 Å². The Hall–Kier alpha value is -4.31. The van der Waals surface area contributed by atoms with E-state index in [-0.39, 0.29) is 5.76 Å². The first-order valence-electron chi connectivity index (χ1n) is 11.2. The molecule has 2 aliphatic rings. The number of benzene rings is 1. The number of carbonyl (C=O) groups excluding carboxylic acids is 1. The number of nitrogens with two attached hydrogens (primary N) is 1. The quantitative estimate of drug-likeness (QED) is 0.378. The number of primary amides is 1. The minimum atomic E-state index is -0.691. The van der Waals surface area contributed by atoms with Crippen LogP contribution >= 0.6 is 0 Å². The minimum Gasteiger partial charge on any atom is -0.457 e. The highest BCUT2D eigenvalue weighted by Gasteiger charge is 2.20. The van der Waals surface area contributed by atoms with E-state index in [0.29, 0.717) is 30.7 Å². The van der Waals surface area contributed by atoms with Gasteiger partial charge in [-0.3, -0.25) is 4.79 Å². The maximum absolute atomic E-state index is 11.3. The van der Waals surface area contributed by atoms with Gasteiger partial charge >= 0.3 is 0 Å². The van der Waals surface area contributed by atoms with Crippen LogP contribution in [0.4, 0.5) is 23.1 Å². The van der Waals surface area contributed by atoms with Gasteiger partial charge < -0.3 is 35.9 Å². The van der Waals surface area contributed by atoms with Crippen LogP contribution in [0.15, 0.2) is 77.9 Å². The number of methoxy groups -OCH3 is 1. The predicted octanol–water partition coefficient (Wildman–Crippen LogP) is 3.82. The van der Waals surface area contributed by atoms with Crippen molar-refractivity contribution in [2.45, 2.75) is 19.8 Å². The Morgan fingerprint density at radius 3 is 2.86 bits per heavy atom. The first-order chi connectivity index (χ1) is 17.0. The zero-order chi connectivity index (χ0) is 24.6. The van der Waals surface area contributed by atoms with Crippen molar-refractivity contribution in [3.05, 3.63) is 83.5 Å². The molecule has 1 aromatic heterocycles. The molecule has 10 heteroatoms. The number of anilines is 4. The van der Waals surface area contributed by atoms with Gasteiger partial charge in [0.05, 0.1) is 6.61 Å². The first kappa shape index (κ1) is 23.8. The van der Waals surface area contributed by atoms with Crippen molar-refractivity contribution >= 4 is 29.0 Å². The summed E-state index contributed by atoms with van der Waals surface area (Å²) in [6, 6.07) is 7.80. The summed E-state index contributed by atoms with van der Waals surface area (Å²) in [7, 11) is 1.68. The van der Waals surface area contributed by atoms with Crippen LogP contribution in [0.5, 0.6) is 0 Å². The van der Waals surface area contributed by atoms with Crippen LogP contribution in [0, 0.1) is 6.92 Å². The summed E-state index contributed by atoms with van der Waals surface area (Å²) < 4.78 is 16.0. The third-order valence-corrected chi connectivity index (χ3v) is 5.33. The number of hydrogen-bond donors (Lipinski definition) is 4. The number of aromatic nitrogens is 2. The third-order valence-electron chi connectivity index (χ3n) is 5.33. The Morgan fingerprint density at radius 1 is 1.20 bits per heavy atom.